The summed E-state index contributed by atoms with van der Waals surface area (Å²) in [5, 5.41) is 0. The second-order valence-electron chi connectivity index (χ2n) is 6.13. The smallest absolute Gasteiger partial charge is 0.223 e. The molecular formula is C19H23N3O2. The van der Waals surface area contributed by atoms with Gasteiger partial charge in [-0.15, -0.1) is 0 Å². The Morgan fingerprint density at radius 2 is 2.04 bits per heavy atom. The lowest BCUT2D eigenvalue weighted by molar-refractivity contribution is -0.133. The molecule has 0 unspecified atom stereocenters. The summed E-state index contributed by atoms with van der Waals surface area (Å²) in [7, 11) is 0. The summed E-state index contributed by atoms with van der Waals surface area (Å²) in [4.78, 5) is 22.8. The molecule has 3 heterocycles. The van der Waals surface area contributed by atoms with Gasteiger partial charge in [0.1, 0.15) is 0 Å². The summed E-state index contributed by atoms with van der Waals surface area (Å²) >= 11 is 0. The van der Waals surface area contributed by atoms with Crippen LogP contribution in [0.2, 0.25) is 0 Å². The van der Waals surface area contributed by atoms with Gasteiger partial charge >= 0.3 is 0 Å². The topological polar surface area (TPSA) is 55.3 Å². The van der Waals surface area contributed by atoms with Crippen molar-refractivity contribution in [3.8, 4) is 0 Å². The van der Waals surface area contributed by atoms with Gasteiger partial charge in [0.15, 0.2) is 0 Å². The molecular weight excluding hydrogens is 302 g/mol. The standard InChI is InChI=1S/C19H23N3O2/c23-19(6-5-16-7-10-20-11-8-16)22(15-18-4-2-12-24-18)14-17-3-1-9-21-13-17/h1,3,7-11,13,18H,2,4-6,12,14-15H2/t18-/m1/s1. The van der Waals surface area contributed by atoms with Crippen LogP contribution < -0.4 is 0 Å². The molecule has 1 aliphatic heterocycles. The number of aromatic nitrogens is 2. The van der Waals surface area contributed by atoms with Crippen molar-refractivity contribution in [2.24, 2.45) is 0 Å². The van der Waals surface area contributed by atoms with Gasteiger partial charge in [-0.2, -0.15) is 0 Å². The molecule has 2 aromatic heterocycles. The van der Waals surface area contributed by atoms with E-state index < -0.39 is 0 Å². The maximum Gasteiger partial charge on any atom is 0.223 e. The zero-order valence-corrected chi connectivity index (χ0v) is 13.8. The molecule has 0 aliphatic carbocycles. The number of amides is 1. The number of hydrogen-bond acceptors (Lipinski definition) is 4. The van der Waals surface area contributed by atoms with E-state index in [0.717, 1.165) is 37.0 Å². The third-order valence-corrected chi connectivity index (χ3v) is 4.27. The number of hydrogen-bond donors (Lipinski definition) is 0. The van der Waals surface area contributed by atoms with Crippen LogP contribution in [0.25, 0.3) is 0 Å². The van der Waals surface area contributed by atoms with Crippen LogP contribution in [0.5, 0.6) is 0 Å². The van der Waals surface area contributed by atoms with E-state index in [0.29, 0.717) is 19.5 Å². The van der Waals surface area contributed by atoms with Crippen molar-refractivity contribution >= 4 is 5.91 Å². The zero-order chi connectivity index (χ0) is 16.6. The lowest BCUT2D eigenvalue weighted by atomic mass is 10.1. The van der Waals surface area contributed by atoms with Gasteiger partial charge < -0.3 is 9.64 Å². The molecule has 126 valence electrons. The Bertz CT molecular complexity index is 628. The Balaban J connectivity index is 1.62. The maximum absolute atomic E-state index is 12.7. The molecule has 0 spiro atoms. The number of carbonyl (C=O) groups excluding carboxylic acids is 1. The summed E-state index contributed by atoms with van der Waals surface area (Å²) < 4.78 is 5.72. The van der Waals surface area contributed by atoms with E-state index in [1.54, 1.807) is 18.6 Å². The molecule has 5 nitrogen and oxygen atoms in total. The van der Waals surface area contributed by atoms with Gasteiger partial charge in [-0.1, -0.05) is 6.07 Å². The van der Waals surface area contributed by atoms with Crippen LogP contribution >= 0.6 is 0 Å². The van der Waals surface area contributed by atoms with Gasteiger partial charge in [-0.3, -0.25) is 14.8 Å². The molecule has 1 amide bonds. The third-order valence-electron chi connectivity index (χ3n) is 4.27. The predicted molar refractivity (Wildman–Crippen MR) is 91.2 cm³/mol. The van der Waals surface area contributed by atoms with Crippen molar-refractivity contribution in [2.75, 3.05) is 13.2 Å². The minimum atomic E-state index is 0.158. The van der Waals surface area contributed by atoms with Gasteiger partial charge in [-0.05, 0) is 48.6 Å². The molecule has 1 atom stereocenters. The van der Waals surface area contributed by atoms with Crippen molar-refractivity contribution in [3.63, 3.8) is 0 Å². The van der Waals surface area contributed by atoms with Crippen LogP contribution in [0.4, 0.5) is 0 Å². The largest absolute Gasteiger partial charge is 0.376 e. The van der Waals surface area contributed by atoms with Crippen LogP contribution in [0, 0.1) is 0 Å². The molecule has 2 aromatic rings. The van der Waals surface area contributed by atoms with E-state index in [4.69, 9.17) is 4.74 Å². The van der Waals surface area contributed by atoms with E-state index in [9.17, 15) is 4.79 Å². The van der Waals surface area contributed by atoms with E-state index >= 15 is 0 Å². The van der Waals surface area contributed by atoms with Crippen LogP contribution in [0.3, 0.4) is 0 Å². The first-order valence-electron chi connectivity index (χ1n) is 8.48. The summed E-state index contributed by atoms with van der Waals surface area (Å²) in [5.74, 6) is 0.158. The van der Waals surface area contributed by atoms with Crippen LogP contribution in [-0.4, -0.2) is 40.0 Å². The normalized spacial score (nSPS) is 16.9. The van der Waals surface area contributed by atoms with Crippen LogP contribution in [0.15, 0.2) is 49.1 Å². The van der Waals surface area contributed by atoms with E-state index in [1.807, 2.05) is 35.4 Å². The first-order chi connectivity index (χ1) is 11.8. The summed E-state index contributed by atoms with van der Waals surface area (Å²) in [5.41, 5.74) is 2.18. The fourth-order valence-corrected chi connectivity index (χ4v) is 2.96. The highest BCUT2D eigenvalue weighted by atomic mass is 16.5. The number of ether oxygens (including phenoxy) is 1. The van der Waals surface area contributed by atoms with Crippen molar-refractivity contribution in [1.82, 2.24) is 14.9 Å². The Kier molecular flexibility index (Phi) is 5.90. The molecule has 5 heteroatoms. The third kappa shape index (κ3) is 4.86. The molecule has 0 radical (unpaired) electrons. The number of pyridine rings is 2. The van der Waals surface area contributed by atoms with Crippen molar-refractivity contribution in [3.05, 3.63) is 60.2 Å². The van der Waals surface area contributed by atoms with Gasteiger partial charge in [-0.25, -0.2) is 0 Å². The first-order valence-corrected chi connectivity index (χ1v) is 8.48. The quantitative estimate of drug-likeness (QED) is 0.785. The second-order valence-corrected chi connectivity index (χ2v) is 6.13. The van der Waals surface area contributed by atoms with Gasteiger partial charge in [0.05, 0.1) is 6.10 Å². The zero-order valence-electron chi connectivity index (χ0n) is 13.8. The number of rotatable bonds is 7. The van der Waals surface area contributed by atoms with E-state index in [-0.39, 0.29) is 12.0 Å². The van der Waals surface area contributed by atoms with Crippen molar-refractivity contribution in [1.29, 1.82) is 0 Å². The average molecular weight is 325 g/mol. The van der Waals surface area contributed by atoms with Gasteiger partial charge in [0.2, 0.25) is 5.91 Å². The Labute approximate surface area is 142 Å². The van der Waals surface area contributed by atoms with E-state index in [2.05, 4.69) is 9.97 Å². The molecule has 0 bridgehead atoms. The van der Waals surface area contributed by atoms with Crippen LogP contribution in [-0.2, 0) is 22.5 Å². The molecule has 3 rings (SSSR count). The molecule has 24 heavy (non-hydrogen) atoms. The summed E-state index contributed by atoms with van der Waals surface area (Å²) in [6.07, 6.45) is 10.6. The second kappa shape index (κ2) is 8.55. The molecule has 0 N–H and O–H groups in total. The Morgan fingerprint density at radius 3 is 2.75 bits per heavy atom. The summed E-state index contributed by atoms with van der Waals surface area (Å²) in [6.45, 7) is 2.05. The maximum atomic E-state index is 12.7. The molecule has 1 saturated heterocycles. The highest BCUT2D eigenvalue weighted by Gasteiger charge is 2.22. The molecule has 0 saturated carbocycles. The van der Waals surface area contributed by atoms with Crippen molar-refractivity contribution in [2.45, 2.75) is 38.3 Å². The minimum Gasteiger partial charge on any atom is -0.376 e. The van der Waals surface area contributed by atoms with Gasteiger partial charge in [0, 0.05) is 50.9 Å². The lowest BCUT2D eigenvalue weighted by Gasteiger charge is -2.25. The molecule has 1 fully saturated rings. The SMILES string of the molecule is O=C(CCc1ccncc1)N(Cc1cccnc1)C[C@H]1CCCO1. The Hall–Kier alpha value is -2.27. The average Bonchev–Trinajstić information content (AvgIpc) is 3.14. The fourth-order valence-electron chi connectivity index (χ4n) is 2.96. The minimum absolute atomic E-state index is 0.158. The fraction of sp³-hybridized carbons (Fsp3) is 0.421. The highest BCUT2D eigenvalue weighted by Crippen LogP contribution is 2.16. The lowest BCUT2D eigenvalue weighted by Crippen LogP contribution is -2.37. The predicted octanol–water partition coefficient (Wildman–Crippen LogP) is 2.62. The Morgan fingerprint density at radius 1 is 1.17 bits per heavy atom. The van der Waals surface area contributed by atoms with Gasteiger partial charge in [0.25, 0.3) is 0 Å². The summed E-state index contributed by atoms with van der Waals surface area (Å²) in [6, 6.07) is 7.82. The van der Waals surface area contributed by atoms with E-state index in [1.165, 1.54) is 0 Å². The number of nitrogens with zero attached hydrogens (tertiary/aromatic N) is 3. The monoisotopic (exact) mass is 325 g/mol. The first kappa shape index (κ1) is 16.6. The molecule has 0 aromatic carbocycles. The number of aryl methyl sites for hydroxylation is 1. The highest BCUT2D eigenvalue weighted by molar-refractivity contribution is 5.76. The van der Waals surface area contributed by atoms with Crippen LogP contribution in [0.1, 0.15) is 30.4 Å². The molecule has 1 aliphatic rings. The number of carbonyl (C=O) groups is 1. The van der Waals surface area contributed by atoms with Crippen molar-refractivity contribution < 1.29 is 9.53 Å².